The lowest BCUT2D eigenvalue weighted by Gasteiger charge is -2.44. The Kier molecular flexibility index (Phi) is 6.66. The first-order valence-electron chi connectivity index (χ1n) is 12.6. The molecule has 1 saturated carbocycles. The van der Waals surface area contributed by atoms with E-state index in [-0.39, 0.29) is 35.8 Å². The summed E-state index contributed by atoms with van der Waals surface area (Å²) in [6, 6.07) is 31.8. The van der Waals surface area contributed by atoms with Gasteiger partial charge in [0.05, 0.1) is 18.2 Å². The summed E-state index contributed by atoms with van der Waals surface area (Å²) in [5.41, 5.74) is 1.15. The first-order chi connectivity index (χ1) is 16.9. The third kappa shape index (κ3) is 4.60. The van der Waals surface area contributed by atoms with Crippen molar-refractivity contribution in [3.63, 3.8) is 0 Å². The Hall–Kier alpha value is -2.73. The fourth-order valence-electron chi connectivity index (χ4n) is 5.91. The van der Waals surface area contributed by atoms with Gasteiger partial charge in [-0.3, -0.25) is 4.79 Å². The maximum atomic E-state index is 12.9. The van der Waals surface area contributed by atoms with E-state index in [1.54, 1.807) is 0 Å². The number of fused-ring (bicyclic) bond motifs is 1. The van der Waals surface area contributed by atoms with E-state index in [9.17, 15) is 4.79 Å². The van der Waals surface area contributed by atoms with Crippen LogP contribution in [0.3, 0.4) is 0 Å². The highest BCUT2D eigenvalue weighted by Crippen LogP contribution is 2.41. The van der Waals surface area contributed by atoms with E-state index in [4.69, 9.17) is 9.16 Å². The number of carbonyl (C=O) groups is 1. The predicted molar refractivity (Wildman–Crippen MR) is 142 cm³/mol. The van der Waals surface area contributed by atoms with E-state index in [1.165, 1.54) is 10.4 Å². The van der Waals surface area contributed by atoms with Crippen molar-refractivity contribution in [2.24, 2.45) is 0 Å². The van der Waals surface area contributed by atoms with Crippen LogP contribution in [-0.2, 0) is 20.5 Å². The van der Waals surface area contributed by atoms with Gasteiger partial charge in [0.15, 0.2) is 0 Å². The van der Waals surface area contributed by atoms with Crippen LogP contribution in [0.1, 0.15) is 39.2 Å². The summed E-state index contributed by atoms with van der Waals surface area (Å²) in [4.78, 5) is 14.9. The largest absolute Gasteiger partial charge is 0.404 e. The summed E-state index contributed by atoms with van der Waals surface area (Å²) in [6.45, 7) is 7.70. The van der Waals surface area contributed by atoms with Crippen molar-refractivity contribution in [1.29, 1.82) is 0 Å². The zero-order valence-corrected chi connectivity index (χ0v) is 21.9. The van der Waals surface area contributed by atoms with Gasteiger partial charge in [-0.25, -0.2) is 0 Å². The summed E-state index contributed by atoms with van der Waals surface area (Å²) in [6.07, 6.45) is 1.65. The molecule has 3 atom stereocenters. The summed E-state index contributed by atoms with van der Waals surface area (Å²) in [5, 5.41) is 2.49. The summed E-state index contributed by atoms with van der Waals surface area (Å²) in [5.74, 6) is 0.0706. The van der Waals surface area contributed by atoms with E-state index in [0.29, 0.717) is 6.54 Å². The number of ether oxygens (including phenoxy) is 1. The molecule has 5 heteroatoms. The molecule has 1 heterocycles. The number of benzene rings is 3. The summed E-state index contributed by atoms with van der Waals surface area (Å²) >= 11 is 0. The molecule has 0 aromatic heterocycles. The standard InChI is InChI=1S/C30H35NO3Si/c1-30(2,3)35(25-15-9-5-10-16-25,26-17-11-6-12-18-26)34-24-19-27-28(20-24)33-22-29(32)31(27)21-23-13-7-4-8-14-23/h4-18,24,27-28H,19-22H2,1-3H3/t24?,27-,28-/m1/s1. The monoisotopic (exact) mass is 485 g/mol. The molecule has 35 heavy (non-hydrogen) atoms. The fraction of sp³-hybridized carbons (Fsp3) is 0.367. The molecule has 1 saturated heterocycles. The van der Waals surface area contributed by atoms with Crippen LogP contribution in [-0.4, -0.2) is 44.0 Å². The second kappa shape index (κ2) is 9.73. The van der Waals surface area contributed by atoms with Crippen LogP contribution >= 0.6 is 0 Å². The second-order valence-corrected chi connectivity index (χ2v) is 15.1. The zero-order valence-electron chi connectivity index (χ0n) is 20.9. The van der Waals surface area contributed by atoms with Crippen LogP contribution in [0.5, 0.6) is 0 Å². The van der Waals surface area contributed by atoms with Crippen molar-refractivity contribution in [3.05, 3.63) is 96.6 Å². The van der Waals surface area contributed by atoms with Gasteiger partial charge in [-0.05, 0) is 27.4 Å². The molecule has 182 valence electrons. The van der Waals surface area contributed by atoms with Crippen LogP contribution in [0.2, 0.25) is 5.04 Å². The predicted octanol–water partition coefficient (Wildman–Crippen LogP) is 4.52. The molecule has 5 rings (SSSR count). The minimum absolute atomic E-state index is 0.0135. The van der Waals surface area contributed by atoms with E-state index in [0.717, 1.165) is 18.4 Å². The van der Waals surface area contributed by atoms with Crippen molar-refractivity contribution >= 4 is 24.6 Å². The minimum Gasteiger partial charge on any atom is -0.404 e. The average molecular weight is 486 g/mol. The Balaban J connectivity index is 1.48. The minimum atomic E-state index is -2.65. The lowest BCUT2D eigenvalue weighted by molar-refractivity contribution is -0.155. The van der Waals surface area contributed by atoms with Crippen LogP contribution < -0.4 is 10.4 Å². The molecule has 2 aliphatic rings. The molecule has 2 fully saturated rings. The quantitative estimate of drug-likeness (QED) is 0.482. The molecule has 3 aromatic rings. The number of hydrogen-bond acceptors (Lipinski definition) is 3. The normalized spacial score (nSPS) is 22.8. The molecule has 1 amide bonds. The van der Waals surface area contributed by atoms with Crippen LogP contribution in [0.25, 0.3) is 0 Å². The van der Waals surface area contributed by atoms with Crippen LogP contribution in [0.15, 0.2) is 91.0 Å². The molecular weight excluding hydrogens is 450 g/mol. The van der Waals surface area contributed by atoms with Gasteiger partial charge in [0.1, 0.15) is 6.61 Å². The molecule has 0 N–H and O–H groups in total. The Morgan fingerprint density at radius 1 is 0.857 bits per heavy atom. The van der Waals surface area contributed by atoms with Crippen molar-refractivity contribution in [2.45, 2.75) is 63.4 Å². The second-order valence-electron chi connectivity index (χ2n) is 10.8. The fourth-order valence-corrected chi connectivity index (χ4v) is 10.6. The molecule has 0 radical (unpaired) electrons. The van der Waals surface area contributed by atoms with Gasteiger partial charge in [-0.15, -0.1) is 0 Å². The first kappa shape index (κ1) is 24.0. The molecule has 1 aliphatic carbocycles. The number of morpholine rings is 1. The molecular formula is C30H35NO3Si. The van der Waals surface area contributed by atoms with Gasteiger partial charge < -0.3 is 14.1 Å². The van der Waals surface area contributed by atoms with Gasteiger partial charge in [0.2, 0.25) is 5.91 Å². The number of hydrogen-bond donors (Lipinski definition) is 0. The Labute approximate surface area is 210 Å². The van der Waals surface area contributed by atoms with Gasteiger partial charge >= 0.3 is 0 Å². The van der Waals surface area contributed by atoms with Crippen molar-refractivity contribution in [1.82, 2.24) is 4.90 Å². The van der Waals surface area contributed by atoms with E-state index in [2.05, 4.69) is 93.6 Å². The highest BCUT2D eigenvalue weighted by molar-refractivity contribution is 6.99. The molecule has 0 spiro atoms. The van der Waals surface area contributed by atoms with Gasteiger partial charge in [0, 0.05) is 13.0 Å². The first-order valence-corrected chi connectivity index (χ1v) is 14.5. The maximum Gasteiger partial charge on any atom is 0.261 e. The van der Waals surface area contributed by atoms with Crippen molar-refractivity contribution in [2.75, 3.05) is 6.61 Å². The smallest absolute Gasteiger partial charge is 0.261 e. The highest BCUT2D eigenvalue weighted by Gasteiger charge is 2.54. The number of rotatable bonds is 6. The van der Waals surface area contributed by atoms with Crippen LogP contribution in [0, 0.1) is 0 Å². The van der Waals surface area contributed by atoms with E-state index in [1.807, 2.05) is 23.1 Å². The third-order valence-electron chi connectivity index (χ3n) is 7.53. The maximum absolute atomic E-state index is 12.9. The molecule has 0 bridgehead atoms. The van der Waals surface area contributed by atoms with Crippen molar-refractivity contribution < 1.29 is 14.0 Å². The Morgan fingerprint density at radius 3 is 1.94 bits per heavy atom. The number of amides is 1. The molecule has 4 nitrogen and oxygen atoms in total. The lowest BCUT2D eigenvalue weighted by Crippen LogP contribution is -2.67. The molecule has 1 unspecified atom stereocenters. The Bertz CT molecular complexity index is 1090. The summed E-state index contributed by atoms with van der Waals surface area (Å²) < 4.78 is 13.5. The van der Waals surface area contributed by atoms with Crippen molar-refractivity contribution in [3.8, 4) is 0 Å². The molecule has 3 aromatic carbocycles. The van der Waals surface area contributed by atoms with Gasteiger partial charge in [-0.1, -0.05) is 112 Å². The molecule has 1 aliphatic heterocycles. The average Bonchev–Trinajstić information content (AvgIpc) is 3.28. The third-order valence-corrected chi connectivity index (χ3v) is 12.6. The highest BCUT2D eigenvalue weighted by atomic mass is 28.4. The van der Waals surface area contributed by atoms with Gasteiger partial charge in [0.25, 0.3) is 8.32 Å². The number of carbonyl (C=O) groups excluding carboxylic acids is 1. The van der Waals surface area contributed by atoms with E-state index < -0.39 is 8.32 Å². The zero-order chi connectivity index (χ0) is 24.5. The van der Waals surface area contributed by atoms with Crippen LogP contribution in [0.4, 0.5) is 0 Å². The summed E-state index contributed by atoms with van der Waals surface area (Å²) in [7, 11) is -2.65. The lowest BCUT2D eigenvalue weighted by atomic mass is 10.1. The topological polar surface area (TPSA) is 38.8 Å². The number of nitrogens with zero attached hydrogens (tertiary/aromatic N) is 1. The Morgan fingerprint density at radius 2 is 1.40 bits per heavy atom. The van der Waals surface area contributed by atoms with E-state index >= 15 is 0 Å². The SMILES string of the molecule is CC(C)(C)[Si](OC1C[C@@H]2[C@@H](C1)OCC(=O)N2Cc1ccccc1)(c1ccccc1)c1ccccc1. The van der Waals surface area contributed by atoms with Gasteiger partial charge in [-0.2, -0.15) is 0 Å².